The van der Waals surface area contributed by atoms with Crippen LogP contribution in [0, 0.1) is 0 Å². The SMILES string of the molecule is COc1cc(OC)c(OC)cc1/C=C/C(=O)OC(C)C(=O)Nc1cccc(C(C)=O)c1. The zero-order valence-electron chi connectivity index (χ0n) is 18.1. The lowest BCUT2D eigenvalue weighted by molar-refractivity contribution is -0.148. The molecular formula is C23H25NO7. The fourth-order valence-corrected chi connectivity index (χ4v) is 2.67. The summed E-state index contributed by atoms with van der Waals surface area (Å²) in [6.07, 6.45) is 1.62. The van der Waals surface area contributed by atoms with Crippen LogP contribution in [-0.4, -0.2) is 45.1 Å². The summed E-state index contributed by atoms with van der Waals surface area (Å²) in [7, 11) is 4.50. The first-order valence-corrected chi connectivity index (χ1v) is 9.39. The summed E-state index contributed by atoms with van der Waals surface area (Å²) in [5.41, 5.74) is 1.47. The van der Waals surface area contributed by atoms with E-state index in [1.807, 2.05) is 0 Å². The topological polar surface area (TPSA) is 100 Å². The lowest BCUT2D eigenvalue weighted by Gasteiger charge is -2.13. The maximum atomic E-state index is 12.3. The highest BCUT2D eigenvalue weighted by atomic mass is 16.5. The van der Waals surface area contributed by atoms with E-state index in [0.717, 1.165) is 0 Å². The number of esters is 1. The summed E-state index contributed by atoms with van der Waals surface area (Å²) < 4.78 is 20.9. The van der Waals surface area contributed by atoms with E-state index in [1.165, 1.54) is 47.3 Å². The van der Waals surface area contributed by atoms with Crippen LogP contribution in [0.1, 0.15) is 29.8 Å². The highest BCUT2D eigenvalue weighted by Gasteiger charge is 2.17. The third kappa shape index (κ3) is 6.33. The number of rotatable bonds is 9. The molecule has 8 nitrogen and oxygen atoms in total. The van der Waals surface area contributed by atoms with Gasteiger partial charge in [0.05, 0.1) is 21.3 Å². The van der Waals surface area contributed by atoms with Crippen LogP contribution in [0.2, 0.25) is 0 Å². The summed E-state index contributed by atoms with van der Waals surface area (Å²) in [6, 6.07) is 9.78. The molecule has 0 aliphatic rings. The second kappa shape index (κ2) is 10.8. The van der Waals surface area contributed by atoms with Gasteiger partial charge in [0.2, 0.25) is 0 Å². The van der Waals surface area contributed by atoms with E-state index >= 15 is 0 Å². The van der Waals surface area contributed by atoms with Crippen LogP contribution in [0.25, 0.3) is 6.08 Å². The summed E-state index contributed by atoms with van der Waals surface area (Å²) in [5.74, 6) is 0.0716. The van der Waals surface area contributed by atoms with Crippen LogP contribution in [0.4, 0.5) is 5.69 Å². The molecule has 2 aromatic carbocycles. The van der Waals surface area contributed by atoms with Gasteiger partial charge in [-0.3, -0.25) is 9.59 Å². The number of Topliss-reactive ketones (excluding diaryl/α,β-unsaturated/α-hetero) is 1. The van der Waals surface area contributed by atoms with Gasteiger partial charge in [0.25, 0.3) is 5.91 Å². The minimum Gasteiger partial charge on any atom is -0.496 e. The predicted octanol–water partition coefficient (Wildman–Crippen LogP) is 3.50. The Morgan fingerprint density at radius 1 is 0.935 bits per heavy atom. The van der Waals surface area contributed by atoms with Crippen molar-refractivity contribution in [3.8, 4) is 17.2 Å². The Labute approximate surface area is 180 Å². The van der Waals surface area contributed by atoms with Crippen LogP contribution >= 0.6 is 0 Å². The van der Waals surface area contributed by atoms with Crippen LogP contribution in [0.5, 0.6) is 17.2 Å². The van der Waals surface area contributed by atoms with Crippen molar-refractivity contribution in [1.29, 1.82) is 0 Å². The number of methoxy groups -OCH3 is 3. The molecule has 0 spiro atoms. The van der Waals surface area contributed by atoms with Gasteiger partial charge in [-0.25, -0.2) is 4.79 Å². The standard InChI is InChI=1S/C23H25NO7/c1-14(25)16-7-6-8-18(11-16)24-23(27)15(2)31-22(26)10-9-17-12-20(29-4)21(30-5)13-19(17)28-3/h6-13,15H,1-5H3,(H,24,27)/b10-9+. The molecule has 0 bridgehead atoms. The van der Waals surface area contributed by atoms with Crippen LogP contribution < -0.4 is 19.5 Å². The van der Waals surface area contributed by atoms with Gasteiger partial charge in [0.1, 0.15) is 5.75 Å². The number of anilines is 1. The molecule has 0 radical (unpaired) electrons. The molecule has 2 rings (SSSR count). The van der Waals surface area contributed by atoms with E-state index in [-0.39, 0.29) is 5.78 Å². The van der Waals surface area contributed by atoms with Crippen LogP contribution in [0.15, 0.2) is 42.5 Å². The number of carbonyl (C=O) groups excluding carboxylic acids is 3. The number of benzene rings is 2. The highest BCUT2D eigenvalue weighted by Crippen LogP contribution is 2.35. The van der Waals surface area contributed by atoms with Gasteiger partial charge in [0, 0.05) is 29.0 Å². The van der Waals surface area contributed by atoms with E-state index < -0.39 is 18.0 Å². The number of nitrogens with one attached hydrogen (secondary N) is 1. The molecule has 1 atom stereocenters. The van der Waals surface area contributed by atoms with E-state index in [0.29, 0.717) is 34.1 Å². The van der Waals surface area contributed by atoms with Gasteiger partial charge in [-0.1, -0.05) is 12.1 Å². The van der Waals surface area contributed by atoms with Crippen LogP contribution in [-0.2, 0) is 14.3 Å². The van der Waals surface area contributed by atoms with Gasteiger partial charge < -0.3 is 24.3 Å². The molecule has 0 saturated heterocycles. The Morgan fingerprint density at radius 2 is 1.58 bits per heavy atom. The molecule has 1 amide bonds. The van der Waals surface area contributed by atoms with Gasteiger partial charge in [-0.05, 0) is 38.1 Å². The Hall–Kier alpha value is -3.81. The predicted molar refractivity (Wildman–Crippen MR) is 116 cm³/mol. The molecule has 0 aromatic heterocycles. The summed E-state index contributed by atoms with van der Waals surface area (Å²) in [4.78, 5) is 35.9. The summed E-state index contributed by atoms with van der Waals surface area (Å²) >= 11 is 0. The summed E-state index contributed by atoms with van der Waals surface area (Å²) in [5, 5.41) is 2.62. The average Bonchev–Trinajstić information content (AvgIpc) is 2.76. The molecule has 0 heterocycles. The van der Waals surface area contributed by atoms with Gasteiger partial charge >= 0.3 is 5.97 Å². The number of hydrogen-bond acceptors (Lipinski definition) is 7. The average molecular weight is 427 g/mol. The third-order valence-electron chi connectivity index (χ3n) is 4.33. The fraction of sp³-hybridized carbons (Fsp3) is 0.261. The largest absolute Gasteiger partial charge is 0.496 e. The molecule has 0 fully saturated rings. The van der Waals surface area contributed by atoms with Gasteiger partial charge in [-0.2, -0.15) is 0 Å². The number of ether oxygens (including phenoxy) is 4. The lowest BCUT2D eigenvalue weighted by atomic mass is 10.1. The first-order valence-electron chi connectivity index (χ1n) is 9.39. The van der Waals surface area contributed by atoms with Crippen LogP contribution in [0.3, 0.4) is 0 Å². The van der Waals surface area contributed by atoms with E-state index in [4.69, 9.17) is 18.9 Å². The van der Waals surface area contributed by atoms with Gasteiger partial charge in [0.15, 0.2) is 23.4 Å². The van der Waals surface area contributed by atoms with Crippen molar-refractivity contribution in [2.75, 3.05) is 26.6 Å². The molecule has 0 aliphatic carbocycles. The zero-order chi connectivity index (χ0) is 23.0. The van der Waals surface area contributed by atoms with E-state index in [9.17, 15) is 14.4 Å². The number of carbonyl (C=O) groups is 3. The molecule has 1 unspecified atom stereocenters. The molecule has 8 heteroatoms. The van der Waals surface area contributed by atoms with E-state index in [2.05, 4.69) is 5.32 Å². The molecular weight excluding hydrogens is 402 g/mol. The second-order valence-electron chi connectivity index (χ2n) is 6.49. The number of amides is 1. The molecule has 164 valence electrons. The van der Waals surface area contributed by atoms with Crippen molar-refractivity contribution in [3.05, 3.63) is 53.6 Å². The Balaban J connectivity index is 2.05. The zero-order valence-corrected chi connectivity index (χ0v) is 18.1. The van der Waals surface area contributed by atoms with Crippen molar-refractivity contribution < 1.29 is 33.3 Å². The van der Waals surface area contributed by atoms with Crippen molar-refractivity contribution in [3.63, 3.8) is 0 Å². The lowest BCUT2D eigenvalue weighted by Crippen LogP contribution is -2.29. The molecule has 2 aromatic rings. The highest BCUT2D eigenvalue weighted by molar-refractivity contribution is 5.99. The first-order chi connectivity index (χ1) is 14.8. The third-order valence-corrected chi connectivity index (χ3v) is 4.33. The second-order valence-corrected chi connectivity index (χ2v) is 6.49. The maximum absolute atomic E-state index is 12.3. The van der Waals surface area contributed by atoms with Crippen molar-refractivity contribution in [2.24, 2.45) is 0 Å². The van der Waals surface area contributed by atoms with E-state index in [1.54, 1.807) is 36.4 Å². The van der Waals surface area contributed by atoms with Gasteiger partial charge in [-0.15, -0.1) is 0 Å². The monoisotopic (exact) mass is 427 g/mol. The normalized spacial score (nSPS) is 11.5. The van der Waals surface area contributed by atoms with Crippen molar-refractivity contribution in [2.45, 2.75) is 20.0 Å². The Morgan fingerprint density at radius 3 is 2.19 bits per heavy atom. The van der Waals surface area contributed by atoms with Crippen molar-refractivity contribution >= 4 is 29.4 Å². The first kappa shape index (κ1) is 23.5. The molecule has 0 aliphatic heterocycles. The minimum atomic E-state index is -1.05. The summed E-state index contributed by atoms with van der Waals surface area (Å²) in [6.45, 7) is 2.89. The quantitative estimate of drug-likeness (QED) is 0.371. The molecule has 1 N–H and O–H groups in total. The fourth-order valence-electron chi connectivity index (χ4n) is 2.67. The van der Waals surface area contributed by atoms with Crippen molar-refractivity contribution in [1.82, 2.24) is 0 Å². The Kier molecular flexibility index (Phi) is 8.19. The Bertz CT molecular complexity index is 997. The smallest absolute Gasteiger partial charge is 0.331 e. The number of ketones is 1. The molecule has 0 saturated carbocycles. The minimum absolute atomic E-state index is 0.119. The number of hydrogen-bond donors (Lipinski definition) is 1. The maximum Gasteiger partial charge on any atom is 0.331 e. The molecule has 31 heavy (non-hydrogen) atoms.